The first-order valence-corrected chi connectivity index (χ1v) is 7.64. The highest BCUT2D eigenvalue weighted by Gasteiger charge is 2.37. The van der Waals surface area contributed by atoms with Gasteiger partial charge in [0, 0.05) is 11.6 Å². The van der Waals surface area contributed by atoms with E-state index in [4.69, 9.17) is 4.52 Å². The highest BCUT2D eigenvalue weighted by Crippen LogP contribution is 2.23. The maximum Gasteiger partial charge on any atom is 0.333 e. The lowest BCUT2D eigenvalue weighted by Gasteiger charge is -2.26. The second-order valence-corrected chi connectivity index (χ2v) is 5.69. The Bertz CT molecular complexity index is 890. The zero-order valence-corrected chi connectivity index (χ0v) is 13.5. The van der Waals surface area contributed by atoms with Crippen molar-refractivity contribution >= 4 is 11.9 Å². The molecule has 3 aromatic rings. The van der Waals surface area contributed by atoms with E-state index in [1.807, 2.05) is 30.3 Å². The minimum atomic E-state index is -1.59. The van der Waals surface area contributed by atoms with Crippen molar-refractivity contribution < 1.29 is 19.2 Å². The van der Waals surface area contributed by atoms with Crippen LogP contribution in [-0.4, -0.2) is 22.1 Å². The maximum absolute atomic E-state index is 12.5. The summed E-state index contributed by atoms with van der Waals surface area (Å²) in [5.41, 5.74) is 0.174. The van der Waals surface area contributed by atoms with Gasteiger partial charge in [-0.25, -0.2) is 4.79 Å². The summed E-state index contributed by atoms with van der Waals surface area (Å²) in [6.45, 7) is 1.43. The molecular weight excluding hydrogens is 320 g/mol. The third-order valence-electron chi connectivity index (χ3n) is 3.95. The first-order chi connectivity index (χ1) is 12.0. The van der Waals surface area contributed by atoms with E-state index in [0.29, 0.717) is 11.3 Å². The number of benzene rings is 2. The Morgan fingerprint density at radius 2 is 1.64 bits per heavy atom. The van der Waals surface area contributed by atoms with E-state index < -0.39 is 17.4 Å². The van der Waals surface area contributed by atoms with Gasteiger partial charge in [-0.05, 0) is 12.5 Å². The van der Waals surface area contributed by atoms with E-state index in [0.717, 1.165) is 5.56 Å². The molecule has 0 bridgehead atoms. The predicted molar refractivity (Wildman–Crippen MR) is 90.8 cm³/mol. The van der Waals surface area contributed by atoms with Crippen molar-refractivity contribution in [1.29, 1.82) is 0 Å². The summed E-state index contributed by atoms with van der Waals surface area (Å²) in [6, 6.07) is 19.2. The summed E-state index contributed by atoms with van der Waals surface area (Å²) >= 11 is 0. The van der Waals surface area contributed by atoms with Crippen LogP contribution in [0.15, 0.2) is 71.3 Å². The molecule has 1 aromatic heterocycles. The molecule has 0 saturated carbocycles. The minimum Gasteiger partial charge on any atom is -0.479 e. The van der Waals surface area contributed by atoms with E-state index in [2.05, 4.69) is 10.5 Å². The monoisotopic (exact) mass is 336 g/mol. The van der Waals surface area contributed by atoms with Gasteiger partial charge < -0.3 is 14.9 Å². The van der Waals surface area contributed by atoms with Gasteiger partial charge in [0.15, 0.2) is 5.54 Å². The summed E-state index contributed by atoms with van der Waals surface area (Å²) in [7, 11) is 0. The number of carbonyl (C=O) groups excluding carboxylic acids is 1. The second-order valence-electron chi connectivity index (χ2n) is 5.69. The van der Waals surface area contributed by atoms with E-state index in [1.165, 1.54) is 13.0 Å². The molecule has 25 heavy (non-hydrogen) atoms. The topological polar surface area (TPSA) is 92.4 Å². The first-order valence-electron chi connectivity index (χ1n) is 7.64. The molecule has 0 aliphatic heterocycles. The zero-order chi connectivity index (χ0) is 17.9. The van der Waals surface area contributed by atoms with Gasteiger partial charge in [-0.15, -0.1) is 0 Å². The van der Waals surface area contributed by atoms with Crippen LogP contribution in [0.5, 0.6) is 0 Å². The van der Waals surface area contributed by atoms with Crippen molar-refractivity contribution in [3.63, 3.8) is 0 Å². The molecule has 6 heteroatoms. The fourth-order valence-electron chi connectivity index (χ4n) is 2.44. The summed E-state index contributed by atoms with van der Waals surface area (Å²) in [5, 5.41) is 16.0. The third kappa shape index (κ3) is 3.28. The van der Waals surface area contributed by atoms with Gasteiger partial charge in [0.2, 0.25) is 5.76 Å². The number of rotatable bonds is 5. The van der Waals surface area contributed by atoms with Crippen molar-refractivity contribution in [2.45, 2.75) is 12.5 Å². The molecule has 0 spiro atoms. The van der Waals surface area contributed by atoms with Crippen molar-refractivity contribution in [1.82, 2.24) is 10.5 Å². The smallest absolute Gasteiger partial charge is 0.333 e. The van der Waals surface area contributed by atoms with E-state index in [-0.39, 0.29) is 5.76 Å². The highest BCUT2D eigenvalue weighted by molar-refractivity contribution is 5.96. The lowest BCUT2D eigenvalue weighted by atomic mass is 9.92. The molecule has 1 atom stereocenters. The minimum absolute atomic E-state index is 0.0535. The van der Waals surface area contributed by atoms with Crippen LogP contribution in [0.2, 0.25) is 0 Å². The number of aliphatic carboxylic acids is 1. The van der Waals surface area contributed by atoms with Gasteiger partial charge in [0.05, 0.1) is 0 Å². The molecule has 1 unspecified atom stereocenters. The number of carboxylic acid groups (broad SMARTS) is 1. The third-order valence-corrected chi connectivity index (χ3v) is 3.95. The quantitative estimate of drug-likeness (QED) is 0.747. The number of nitrogens with zero attached hydrogens (tertiary/aromatic N) is 1. The number of hydrogen-bond acceptors (Lipinski definition) is 4. The van der Waals surface area contributed by atoms with E-state index in [9.17, 15) is 14.7 Å². The molecule has 0 aliphatic rings. The van der Waals surface area contributed by atoms with E-state index in [1.54, 1.807) is 30.3 Å². The Morgan fingerprint density at radius 1 is 1.04 bits per heavy atom. The number of carbonyl (C=O) groups is 2. The van der Waals surface area contributed by atoms with Crippen molar-refractivity contribution in [2.24, 2.45) is 0 Å². The molecule has 1 amide bonds. The molecular formula is C19H16N2O4. The zero-order valence-electron chi connectivity index (χ0n) is 13.5. The normalized spacial score (nSPS) is 13.0. The molecule has 2 N–H and O–H groups in total. The standard InChI is InChI=1S/C19H16N2O4/c1-19(18(23)24,14-10-6-3-7-11-14)20-17(22)16-12-15(21-25-16)13-8-4-2-5-9-13/h2-12H,1H3,(H,20,22)(H,23,24). The number of nitrogens with one attached hydrogen (secondary N) is 1. The molecule has 0 saturated heterocycles. The largest absolute Gasteiger partial charge is 0.479 e. The Morgan fingerprint density at radius 3 is 2.24 bits per heavy atom. The van der Waals surface area contributed by atoms with Crippen LogP contribution < -0.4 is 5.32 Å². The van der Waals surface area contributed by atoms with Gasteiger partial charge in [0.1, 0.15) is 5.69 Å². The van der Waals surface area contributed by atoms with Gasteiger partial charge >= 0.3 is 5.97 Å². The average molecular weight is 336 g/mol. The highest BCUT2D eigenvalue weighted by atomic mass is 16.5. The lowest BCUT2D eigenvalue weighted by molar-refractivity contribution is -0.144. The molecule has 0 radical (unpaired) electrons. The molecule has 0 fully saturated rings. The van der Waals surface area contributed by atoms with Crippen molar-refractivity contribution in [2.75, 3.05) is 0 Å². The van der Waals surface area contributed by atoms with Crippen LogP contribution in [0.25, 0.3) is 11.3 Å². The lowest BCUT2D eigenvalue weighted by Crippen LogP contribution is -2.49. The van der Waals surface area contributed by atoms with Crippen molar-refractivity contribution in [3.05, 3.63) is 78.1 Å². The van der Waals surface area contributed by atoms with Crippen LogP contribution in [0.4, 0.5) is 0 Å². The van der Waals surface area contributed by atoms with Crippen LogP contribution in [0, 0.1) is 0 Å². The van der Waals surface area contributed by atoms with Crippen LogP contribution in [-0.2, 0) is 10.3 Å². The van der Waals surface area contributed by atoms with Gasteiger partial charge in [-0.1, -0.05) is 65.8 Å². The SMILES string of the molecule is CC(NC(=O)c1cc(-c2ccccc2)no1)(C(=O)O)c1ccccc1. The summed E-state index contributed by atoms with van der Waals surface area (Å²) in [4.78, 5) is 24.2. The Hall–Kier alpha value is -3.41. The summed E-state index contributed by atoms with van der Waals surface area (Å²) < 4.78 is 5.09. The van der Waals surface area contributed by atoms with Gasteiger partial charge in [0.25, 0.3) is 5.91 Å². The Kier molecular flexibility index (Phi) is 4.35. The van der Waals surface area contributed by atoms with Crippen LogP contribution in [0.3, 0.4) is 0 Å². The number of carboxylic acids is 1. The molecule has 1 heterocycles. The number of amides is 1. The van der Waals surface area contributed by atoms with Crippen LogP contribution in [0.1, 0.15) is 23.0 Å². The number of aromatic nitrogens is 1. The summed E-state index contributed by atoms with van der Waals surface area (Å²) in [6.07, 6.45) is 0. The van der Waals surface area contributed by atoms with E-state index >= 15 is 0 Å². The van der Waals surface area contributed by atoms with Crippen molar-refractivity contribution in [3.8, 4) is 11.3 Å². The van der Waals surface area contributed by atoms with Gasteiger partial charge in [-0.2, -0.15) is 0 Å². The maximum atomic E-state index is 12.5. The predicted octanol–water partition coefficient (Wildman–Crippen LogP) is 3.07. The fourth-order valence-corrected chi connectivity index (χ4v) is 2.44. The molecule has 6 nitrogen and oxygen atoms in total. The Balaban J connectivity index is 1.86. The Labute approximate surface area is 144 Å². The fraction of sp³-hybridized carbons (Fsp3) is 0.105. The first kappa shape index (κ1) is 16.4. The molecule has 2 aromatic carbocycles. The molecule has 126 valence electrons. The van der Waals surface area contributed by atoms with Crippen LogP contribution >= 0.6 is 0 Å². The summed E-state index contributed by atoms with van der Waals surface area (Å²) in [5.74, 6) is -1.87. The van der Waals surface area contributed by atoms with Gasteiger partial charge in [-0.3, -0.25) is 4.79 Å². The number of hydrogen-bond donors (Lipinski definition) is 2. The molecule has 0 aliphatic carbocycles. The molecule has 3 rings (SSSR count). The second kappa shape index (κ2) is 6.60. The average Bonchev–Trinajstić information content (AvgIpc) is 3.13.